The third-order valence-electron chi connectivity index (χ3n) is 3.87. The molecule has 0 heterocycles. The number of hydrogen-bond acceptors (Lipinski definition) is 1. The van der Waals surface area contributed by atoms with E-state index in [-0.39, 0.29) is 23.4 Å². The lowest BCUT2D eigenvalue weighted by atomic mass is 9.38. The van der Waals surface area contributed by atoms with Gasteiger partial charge in [0.2, 0.25) is 0 Å². The summed E-state index contributed by atoms with van der Waals surface area (Å²) in [5, 5.41) is 0. The van der Waals surface area contributed by atoms with Crippen molar-refractivity contribution in [2.75, 3.05) is 0 Å². The number of halogens is 4. The molecule has 1 aromatic carbocycles. The van der Waals surface area contributed by atoms with E-state index in [2.05, 4.69) is 0 Å². The Kier molecular flexibility index (Phi) is 2.53. The van der Waals surface area contributed by atoms with E-state index in [0.717, 1.165) is 30.9 Å². The van der Waals surface area contributed by atoms with E-state index < -0.39 is 11.7 Å². The van der Waals surface area contributed by atoms with Gasteiger partial charge in [0.15, 0.2) is 0 Å². The molecule has 17 heavy (non-hydrogen) atoms. The highest BCUT2D eigenvalue weighted by atomic mass is 35.5. The molecule has 0 amide bonds. The van der Waals surface area contributed by atoms with Gasteiger partial charge in [-0.15, -0.1) is 12.4 Å². The highest BCUT2D eigenvalue weighted by Crippen LogP contribution is 2.66. The van der Waals surface area contributed by atoms with E-state index in [1.807, 2.05) is 0 Å². The number of hydrogen-bond donors (Lipinski definition) is 1. The summed E-state index contributed by atoms with van der Waals surface area (Å²) in [6.07, 6.45) is -1.75. The van der Waals surface area contributed by atoms with Gasteiger partial charge in [-0.1, -0.05) is 18.2 Å². The minimum Gasteiger partial charge on any atom is -0.325 e. The van der Waals surface area contributed by atoms with Gasteiger partial charge >= 0.3 is 6.18 Å². The Hall–Kier alpha value is -0.740. The highest BCUT2D eigenvalue weighted by molar-refractivity contribution is 5.85. The van der Waals surface area contributed by atoms with Crippen LogP contribution in [-0.2, 0) is 11.6 Å². The van der Waals surface area contributed by atoms with Gasteiger partial charge in [0.05, 0.1) is 5.56 Å². The first kappa shape index (κ1) is 12.7. The zero-order valence-electron chi connectivity index (χ0n) is 9.05. The summed E-state index contributed by atoms with van der Waals surface area (Å²) in [6.45, 7) is 0. The van der Waals surface area contributed by atoms with Crippen molar-refractivity contribution in [3.8, 4) is 0 Å². The van der Waals surface area contributed by atoms with Crippen LogP contribution in [0, 0.1) is 0 Å². The minimum absolute atomic E-state index is 0. The molecule has 0 radical (unpaired) electrons. The SMILES string of the molecule is Cl.NC12CC(c3cccc(C(F)(F)F)c3)(C1)C2. The molecular weight excluding hydrogens is 251 g/mol. The van der Waals surface area contributed by atoms with E-state index in [4.69, 9.17) is 5.73 Å². The van der Waals surface area contributed by atoms with Gasteiger partial charge in [-0.25, -0.2) is 0 Å². The highest BCUT2D eigenvalue weighted by Gasteiger charge is 2.66. The summed E-state index contributed by atoms with van der Waals surface area (Å²) in [5.41, 5.74) is 6.04. The van der Waals surface area contributed by atoms with Crippen molar-refractivity contribution in [2.24, 2.45) is 5.73 Å². The third kappa shape index (κ3) is 1.74. The molecule has 1 aromatic rings. The predicted octanol–water partition coefficient (Wildman–Crippen LogP) is 3.26. The second-order valence-corrected chi connectivity index (χ2v) is 5.25. The zero-order chi connectivity index (χ0) is 11.6. The fourth-order valence-corrected chi connectivity index (χ4v) is 3.20. The van der Waals surface area contributed by atoms with Crippen LogP contribution in [0.3, 0.4) is 0 Å². The molecule has 1 nitrogen and oxygen atoms in total. The van der Waals surface area contributed by atoms with Crippen molar-refractivity contribution in [3.05, 3.63) is 35.4 Å². The van der Waals surface area contributed by atoms with E-state index in [1.165, 1.54) is 12.1 Å². The molecule has 0 saturated heterocycles. The Morgan fingerprint density at radius 3 is 2.18 bits per heavy atom. The summed E-state index contributed by atoms with van der Waals surface area (Å²) >= 11 is 0. The Balaban J connectivity index is 0.00000108. The molecule has 5 heteroatoms. The molecule has 2 bridgehead atoms. The Morgan fingerprint density at radius 1 is 1.12 bits per heavy atom. The topological polar surface area (TPSA) is 26.0 Å². The van der Waals surface area contributed by atoms with E-state index in [9.17, 15) is 13.2 Å². The molecule has 4 rings (SSSR count). The Morgan fingerprint density at radius 2 is 1.71 bits per heavy atom. The molecule has 3 aliphatic carbocycles. The van der Waals surface area contributed by atoms with Gasteiger partial charge in [0.25, 0.3) is 0 Å². The number of benzene rings is 1. The second-order valence-electron chi connectivity index (χ2n) is 5.25. The molecule has 0 aliphatic heterocycles. The first-order chi connectivity index (χ1) is 7.33. The number of rotatable bonds is 1. The van der Waals surface area contributed by atoms with Crippen molar-refractivity contribution >= 4 is 12.4 Å². The summed E-state index contributed by atoms with van der Waals surface area (Å²) in [5.74, 6) is 0. The Bertz CT molecular complexity index is 436. The lowest BCUT2D eigenvalue weighted by molar-refractivity contribution is -0.137. The quantitative estimate of drug-likeness (QED) is 0.827. The molecule has 0 unspecified atom stereocenters. The van der Waals surface area contributed by atoms with Crippen LogP contribution in [0.2, 0.25) is 0 Å². The normalized spacial score (nSPS) is 34.4. The van der Waals surface area contributed by atoms with Gasteiger partial charge in [0.1, 0.15) is 0 Å². The molecule has 3 aliphatic rings. The van der Waals surface area contributed by atoms with Crippen LogP contribution in [0.5, 0.6) is 0 Å². The second kappa shape index (κ2) is 3.39. The van der Waals surface area contributed by atoms with E-state index >= 15 is 0 Å². The zero-order valence-corrected chi connectivity index (χ0v) is 9.87. The first-order valence-corrected chi connectivity index (χ1v) is 5.30. The van der Waals surface area contributed by atoms with Gasteiger partial charge < -0.3 is 5.73 Å². The molecule has 0 atom stereocenters. The van der Waals surface area contributed by atoms with Crippen LogP contribution in [0.1, 0.15) is 30.4 Å². The number of nitrogens with two attached hydrogens (primary N) is 1. The van der Waals surface area contributed by atoms with Crippen LogP contribution in [0.25, 0.3) is 0 Å². The molecular formula is C12H13ClF3N. The average Bonchev–Trinajstić information content (AvgIpc) is 2.10. The average molecular weight is 264 g/mol. The van der Waals surface area contributed by atoms with Gasteiger partial charge in [-0.05, 0) is 30.9 Å². The molecule has 0 spiro atoms. The summed E-state index contributed by atoms with van der Waals surface area (Å²) in [6, 6.07) is 5.67. The van der Waals surface area contributed by atoms with Crippen LogP contribution in [0.15, 0.2) is 24.3 Å². The minimum atomic E-state index is -4.25. The lowest BCUT2D eigenvalue weighted by Gasteiger charge is -2.69. The fraction of sp³-hybridized carbons (Fsp3) is 0.500. The van der Waals surface area contributed by atoms with Gasteiger partial charge in [-0.2, -0.15) is 13.2 Å². The summed E-state index contributed by atoms with van der Waals surface area (Å²) < 4.78 is 37.6. The van der Waals surface area contributed by atoms with Gasteiger partial charge in [0, 0.05) is 11.0 Å². The molecule has 3 saturated carbocycles. The van der Waals surface area contributed by atoms with E-state index in [0.29, 0.717) is 0 Å². The fourth-order valence-electron chi connectivity index (χ4n) is 3.20. The molecule has 94 valence electrons. The molecule has 2 N–H and O–H groups in total. The van der Waals surface area contributed by atoms with Crippen LogP contribution in [0.4, 0.5) is 13.2 Å². The van der Waals surface area contributed by atoms with Crippen molar-refractivity contribution in [1.29, 1.82) is 0 Å². The van der Waals surface area contributed by atoms with Crippen LogP contribution < -0.4 is 5.73 Å². The van der Waals surface area contributed by atoms with Crippen molar-refractivity contribution in [1.82, 2.24) is 0 Å². The van der Waals surface area contributed by atoms with Crippen molar-refractivity contribution in [3.63, 3.8) is 0 Å². The monoisotopic (exact) mass is 263 g/mol. The number of alkyl halides is 3. The van der Waals surface area contributed by atoms with Gasteiger partial charge in [-0.3, -0.25) is 0 Å². The molecule has 0 aromatic heterocycles. The lowest BCUT2D eigenvalue weighted by Crippen LogP contribution is -2.74. The van der Waals surface area contributed by atoms with Crippen LogP contribution >= 0.6 is 12.4 Å². The summed E-state index contributed by atoms with van der Waals surface area (Å²) in [7, 11) is 0. The first-order valence-electron chi connectivity index (χ1n) is 5.30. The smallest absolute Gasteiger partial charge is 0.325 e. The van der Waals surface area contributed by atoms with Crippen LogP contribution in [-0.4, -0.2) is 5.54 Å². The van der Waals surface area contributed by atoms with E-state index in [1.54, 1.807) is 6.07 Å². The largest absolute Gasteiger partial charge is 0.416 e. The predicted molar refractivity (Wildman–Crippen MR) is 61.1 cm³/mol. The van der Waals surface area contributed by atoms with Crippen molar-refractivity contribution < 1.29 is 13.2 Å². The molecule has 3 fully saturated rings. The maximum atomic E-state index is 12.5. The summed E-state index contributed by atoms with van der Waals surface area (Å²) in [4.78, 5) is 0. The Labute approximate surface area is 104 Å². The third-order valence-corrected chi connectivity index (χ3v) is 3.87. The van der Waals surface area contributed by atoms with Crippen molar-refractivity contribution in [2.45, 2.75) is 36.4 Å². The maximum Gasteiger partial charge on any atom is 0.416 e. The standard InChI is InChI=1S/C12H12F3N.ClH/c13-12(14,15)9-3-1-2-8(4-9)10-5-11(16,6-10)7-10;/h1-4H,5-7,16H2;1H. The maximum absolute atomic E-state index is 12.5.